The second-order valence-electron chi connectivity index (χ2n) is 3.03. The third-order valence-corrected chi connectivity index (χ3v) is 0.720. The highest BCUT2D eigenvalue weighted by molar-refractivity contribution is 5.67. The fourth-order valence-corrected chi connectivity index (χ4v) is 0.431. The Kier molecular flexibility index (Phi) is 3.46. The molecule has 3 nitrogen and oxygen atoms in total. The summed E-state index contributed by atoms with van der Waals surface area (Å²) in [6, 6.07) is 0. The van der Waals surface area contributed by atoms with Crippen LogP contribution in [-0.4, -0.2) is 18.2 Å². The number of hydrogen-bond acceptors (Lipinski definition) is 2. The zero-order chi connectivity index (χ0) is 8.91. The molecule has 0 rings (SSSR count). The quantitative estimate of drug-likeness (QED) is 0.574. The van der Waals surface area contributed by atoms with Gasteiger partial charge in [0.25, 0.3) is 0 Å². The van der Waals surface area contributed by atoms with Gasteiger partial charge in [0.15, 0.2) is 0 Å². The molecule has 1 amide bonds. The minimum Gasteiger partial charge on any atom is -0.444 e. The Morgan fingerprint density at radius 3 is 2.55 bits per heavy atom. The van der Waals surface area contributed by atoms with E-state index in [2.05, 4.69) is 5.32 Å². The summed E-state index contributed by atoms with van der Waals surface area (Å²) in [5.74, 6) is 2.02. The predicted molar refractivity (Wildman–Crippen MR) is 41.4 cm³/mol. The molecule has 1 N–H and O–H groups in total. The zero-order valence-corrected chi connectivity index (χ0v) is 7.02. The molecule has 11 heavy (non-hydrogen) atoms. The van der Waals surface area contributed by atoms with Gasteiger partial charge in [-0.3, -0.25) is 0 Å². The van der Waals surface area contributed by atoms with Crippen molar-refractivity contribution < 1.29 is 9.53 Å². The van der Waals surface area contributed by atoms with Crippen LogP contribution in [0.15, 0.2) is 0 Å². The molecule has 0 fully saturated rings. The standard InChI is InChI=1S/C8H12NO2/c1-5-6-9-7(10)11-8(2,3)4/h6H2,2-4H3,(H,9,10). The van der Waals surface area contributed by atoms with Crippen LogP contribution < -0.4 is 5.32 Å². The van der Waals surface area contributed by atoms with Gasteiger partial charge in [0, 0.05) is 0 Å². The van der Waals surface area contributed by atoms with Gasteiger partial charge in [0.05, 0.1) is 6.54 Å². The van der Waals surface area contributed by atoms with Crippen LogP contribution in [0.25, 0.3) is 0 Å². The van der Waals surface area contributed by atoms with Crippen molar-refractivity contribution >= 4 is 6.09 Å². The summed E-state index contributed by atoms with van der Waals surface area (Å²) in [6.07, 6.45) is 5.99. The average molecular weight is 154 g/mol. The predicted octanol–water partition coefficient (Wildman–Crippen LogP) is 1.10. The summed E-state index contributed by atoms with van der Waals surface area (Å²) in [7, 11) is 0. The van der Waals surface area contributed by atoms with Gasteiger partial charge in [0.1, 0.15) is 5.60 Å². The first kappa shape index (κ1) is 9.83. The Morgan fingerprint density at radius 1 is 1.64 bits per heavy atom. The monoisotopic (exact) mass is 154 g/mol. The van der Waals surface area contributed by atoms with Gasteiger partial charge in [-0.05, 0) is 27.2 Å². The minimum absolute atomic E-state index is 0.0922. The van der Waals surface area contributed by atoms with Crippen LogP contribution in [0.1, 0.15) is 20.8 Å². The number of nitrogens with one attached hydrogen (secondary N) is 1. The van der Waals surface area contributed by atoms with Crippen molar-refractivity contribution in [3.8, 4) is 5.92 Å². The molecule has 0 aliphatic heterocycles. The average Bonchev–Trinajstić information content (AvgIpc) is 1.79. The van der Waals surface area contributed by atoms with E-state index in [9.17, 15) is 4.79 Å². The Balaban J connectivity index is 3.64. The van der Waals surface area contributed by atoms with Crippen molar-refractivity contribution in [1.29, 1.82) is 0 Å². The van der Waals surface area contributed by atoms with E-state index < -0.39 is 11.7 Å². The summed E-state index contributed by atoms with van der Waals surface area (Å²) in [5.41, 5.74) is -0.480. The fourth-order valence-electron chi connectivity index (χ4n) is 0.431. The van der Waals surface area contributed by atoms with Gasteiger partial charge in [-0.25, -0.2) is 4.79 Å². The summed E-state index contributed by atoms with van der Waals surface area (Å²) in [6.45, 7) is 5.43. The second-order valence-corrected chi connectivity index (χ2v) is 3.03. The van der Waals surface area contributed by atoms with E-state index in [1.165, 1.54) is 0 Å². The van der Waals surface area contributed by atoms with Crippen LogP contribution in [0.3, 0.4) is 0 Å². The van der Waals surface area contributed by atoms with Crippen LogP contribution in [0.4, 0.5) is 4.79 Å². The van der Waals surface area contributed by atoms with Crippen molar-refractivity contribution in [3.05, 3.63) is 6.42 Å². The Morgan fingerprint density at radius 2 is 2.18 bits per heavy atom. The highest BCUT2D eigenvalue weighted by Gasteiger charge is 2.14. The summed E-state index contributed by atoms with van der Waals surface area (Å²) in [4.78, 5) is 10.8. The van der Waals surface area contributed by atoms with Crippen LogP contribution in [-0.2, 0) is 4.74 Å². The molecule has 0 bridgehead atoms. The maximum Gasteiger partial charge on any atom is 0.408 e. The molecule has 0 saturated heterocycles. The molecule has 0 aliphatic rings. The number of carbonyl (C=O) groups is 1. The molecular weight excluding hydrogens is 142 g/mol. The third-order valence-electron chi connectivity index (χ3n) is 0.720. The highest BCUT2D eigenvalue weighted by Crippen LogP contribution is 2.05. The molecular formula is C8H12NO2. The zero-order valence-electron chi connectivity index (χ0n) is 7.02. The van der Waals surface area contributed by atoms with Gasteiger partial charge in [0.2, 0.25) is 0 Å². The number of rotatable bonds is 1. The molecule has 0 spiro atoms. The number of alkyl carbamates (subject to hydrolysis) is 1. The Labute approximate surface area is 67.1 Å². The number of hydrogen-bond donors (Lipinski definition) is 1. The van der Waals surface area contributed by atoms with Gasteiger partial charge < -0.3 is 10.1 Å². The van der Waals surface area contributed by atoms with Crippen LogP contribution in [0, 0.1) is 12.3 Å². The molecule has 61 valence electrons. The molecule has 0 aliphatic carbocycles. The summed E-state index contributed by atoms with van der Waals surface area (Å²) >= 11 is 0. The lowest BCUT2D eigenvalue weighted by molar-refractivity contribution is 0.0535. The lowest BCUT2D eigenvalue weighted by Gasteiger charge is -2.18. The van der Waals surface area contributed by atoms with E-state index >= 15 is 0 Å². The second kappa shape index (κ2) is 3.87. The molecule has 3 heteroatoms. The first-order chi connectivity index (χ1) is 4.95. The Bertz CT molecular complexity index is 174. The van der Waals surface area contributed by atoms with Gasteiger partial charge in [-0.15, -0.1) is 0 Å². The SMILES string of the molecule is [C]#CCNC(=O)OC(C)(C)C. The van der Waals surface area contributed by atoms with Gasteiger partial charge >= 0.3 is 6.09 Å². The van der Waals surface area contributed by atoms with Crippen LogP contribution in [0.5, 0.6) is 0 Å². The van der Waals surface area contributed by atoms with Gasteiger partial charge in [-0.2, -0.15) is 0 Å². The van der Waals surface area contributed by atoms with Crippen molar-refractivity contribution in [2.75, 3.05) is 6.54 Å². The summed E-state index contributed by atoms with van der Waals surface area (Å²) in [5, 5.41) is 2.33. The lowest BCUT2D eigenvalue weighted by atomic mass is 10.2. The fraction of sp³-hybridized carbons (Fsp3) is 0.625. The summed E-state index contributed by atoms with van der Waals surface area (Å²) < 4.78 is 4.87. The third kappa shape index (κ3) is 6.72. The molecule has 0 unspecified atom stereocenters. The van der Waals surface area contributed by atoms with Crippen molar-refractivity contribution in [2.24, 2.45) is 0 Å². The van der Waals surface area contributed by atoms with Crippen molar-refractivity contribution in [3.63, 3.8) is 0 Å². The molecule has 0 atom stereocenters. The minimum atomic E-state index is -0.516. The molecule has 1 radical (unpaired) electrons. The smallest absolute Gasteiger partial charge is 0.408 e. The van der Waals surface area contributed by atoms with E-state index in [0.717, 1.165) is 0 Å². The molecule has 0 saturated carbocycles. The number of amides is 1. The maximum atomic E-state index is 10.8. The van der Waals surface area contributed by atoms with E-state index in [4.69, 9.17) is 11.2 Å². The normalized spacial score (nSPS) is 10.0. The number of ether oxygens (including phenoxy) is 1. The number of carbonyl (C=O) groups excluding carboxylic acids is 1. The van der Waals surface area contributed by atoms with Crippen LogP contribution >= 0.6 is 0 Å². The molecule has 0 aromatic carbocycles. The Hall–Kier alpha value is -1.17. The first-order valence-corrected chi connectivity index (χ1v) is 3.32. The van der Waals surface area contributed by atoms with Crippen molar-refractivity contribution in [2.45, 2.75) is 26.4 Å². The topological polar surface area (TPSA) is 38.3 Å². The molecule has 0 aromatic rings. The highest BCUT2D eigenvalue weighted by atomic mass is 16.6. The van der Waals surface area contributed by atoms with Crippen LogP contribution in [0.2, 0.25) is 0 Å². The van der Waals surface area contributed by atoms with E-state index in [0.29, 0.717) is 0 Å². The van der Waals surface area contributed by atoms with Crippen molar-refractivity contribution in [1.82, 2.24) is 5.32 Å². The van der Waals surface area contributed by atoms with E-state index in [1.54, 1.807) is 20.8 Å². The maximum absolute atomic E-state index is 10.8. The van der Waals surface area contributed by atoms with E-state index in [-0.39, 0.29) is 6.54 Å². The largest absolute Gasteiger partial charge is 0.444 e. The lowest BCUT2D eigenvalue weighted by Crippen LogP contribution is -2.32. The molecule has 0 aromatic heterocycles. The molecule has 0 heterocycles. The van der Waals surface area contributed by atoms with Gasteiger partial charge in [-0.1, -0.05) is 5.92 Å². The van der Waals surface area contributed by atoms with E-state index in [1.807, 2.05) is 5.92 Å². The first-order valence-electron chi connectivity index (χ1n) is 3.32.